The molecule has 8 heteroatoms. The number of H-pyrrole nitrogens is 1. The summed E-state index contributed by atoms with van der Waals surface area (Å²) in [6, 6.07) is 20.5. The van der Waals surface area contributed by atoms with Crippen LogP contribution in [0.1, 0.15) is 39.4 Å². The molecule has 3 heterocycles. The van der Waals surface area contributed by atoms with E-state index in [0.29, 0.717) is 18.7 Å². The molecule has 2 aromatic carbocycles. The lowest BCUT2D eigenvalue weighted by atomic mass is 9.94. The third kappa shape index (κ3) is 8.35. The minimum absolute atomic E-state index is 0.181. The molecule has 1 unspecified atom stereocenters. The number of aromatic hydroxyl groups is 1. The van der Waals surface area contributed by atoms with Crippen LogP contribution in [0.15, 0.2) is 84.2 Å². The van der Waals surface area contributed by atoms with Crippen molar-refractivity contribution in [2.24, 2.45) is 0 Å². The second-order valence-corrected chi connectivity index (χ2v) is 10.2. The van der Waals surface area contributed by atoms with Crippen molar-refractivity contribution in [1.82, 2.24) is 25.2 Å². The number of aromatic amines is 1. The normalized spacial score (nSPS) is 14.2. The van der Waals surface area contributed by atoms with Crippen LogP contribution in [-0.2, 0) is 24.1 Å². The van der Waals surface area contributed by atoms with Gasteiger partial charge in [0, 0.05) is 55.6 Å². The van der Waals surface area contributed by atoms with E-state index in [0.717, 1.165) is 68.1 Å². The maximum atomic E-state index is 12.1. The van der Waals surface area contributed by atoms with Crippen LogP contribution in [0.5, 0.6) is 5.75 Å². The van der Waals surface area contributed by atoms with Crippen LogP contribution in [0.2, 0.25) is 0 Å². The number of hydrogen-bond acceptors (Lipinski definition) is 7. The molecule has 1 fully saturated rings. The first-order valence-electron chi connectivity index (χ1n) is 14.0. The van der Waals surface area contributed by atoms with E-state index in [9.17, 15) is 9.90 Å². The monoisotopic (exact) mass is 549 g/mol. The SMILES string of the molecule is O=c1[nH]cnc(C(CNCCc2cccnc2)Cc2ccc(C#Cc3ccc(CN4CCOCC4)cc3)cc2)c1O. The average Bonchev–Trinajstić information content (AvgIpc) is 3.01. The first kappa shape index (κ1) is 28.2. The van der Waals surface area contributed by atoms with Crippen molar-refractivity contribution in [1.29, 1.82) is 0 Å². The number of benzene rings is 2. The van der Waals surface area contributed by atoms with Gasteiger partial charge in [0.15, 0.2) is 0 Å². The zero-order valence-electron chi connectivity index (χ0n) is 23.1. The Hall–Kier alpha value is -4.29. The fraction of sp³-hybridized carbons (Fsp3) is 0.303. The third-order valence-corrected chi connectivity index (χ3v) is 7.20. The highest BCUT2D eigenvalue weighted by atomic mass is 16.5. The predicted octanol–water partition coefficient (Wildman–Crippen LogP) is 3.26. The lowest BCUT2D eigenvalue weighted by Crippen LogP contribution is -2.35. The van der Waals surface area contributed by atoms with Crippen molar-refractivity contribution >= 4 is 0 Å². The average molecular weight is 550 g/mol. The van der Waals surface area contributed by atoms with Crippen LogP contribution in [0, 0.1) is 11.8 Å². The Kier molecular flexibility index (Phi) is 9.90. The quantitative estimate of drug-likeness (QED) is 0.206. The largest absolute Gasteiger partial charge is 0.502 e. The van der Waals surface area contributed by atoms with E-state index >= 15 is 0 Å². The number of pyridine rings is 1. The van der Waals surface area contributed by atoms with Crippen molar-refractivity contribution in [3.63, 3.8) is 0 Å². The molecule has 3 N–H and O–H groups in total. The second kappa shape index (κ2) is 14.4. The molecule has 41 heavy (non-hydrogen) atoms. The summed E-state index contributed by atoms with van der Waals surface area (Å²) in [7, 11) is 0. The zero-order valence-corrected chi connectivity index (χ0v) is 23.1. The van der Waals surface area contributed by atoms with Gasteiger partial charge in [-0.1, -0.05) is 42.2 Å². The Morgan fingerprint density at radius 2 is 1.68 bits per heavy atom. The molecule has 4 aromatic rings. The van der Waals surface area contributed by atoms with Gasteiger partial charge in [-0.2, -0.15) is 0 Å². The topological polar surface area (TPSA) is 103 Å². The molecule has 0 spiro atoms. The van der Waals surface area contributed by atoms with Crippen molar-refractivity contribution in [3.8, 4) is 17.6 Å². The van der Waals surface area contributed by atoms with Gasteiger partial charge < -0.3 is 20.1 Å². The first-order chi connectivity index (χ1) is 20.1. The van der Waals surface area contributed by atoms with E-state index in [1.807, 2.05) is 42.6 Å². The predicted molar refractivity (Wildman–Crippen MR) is 159 cm³/mol. The minimum atomic E-state index is -0.532. The maximum Gasteiger partial charge on any atom is 0.293 e. The molecule has 0 amide bonds. The van der Waals surface area contributed by atoms with Crippen molar-refractivity contribution in [3.05, 3.63) is 123 Å². The highest BCUT2D eigenvalue weighted by molar-refractivity contribution is 5.44. The number of nitrogens with zero attached hydrogens (tertiary/aromatic N) is 3. The van der Waals surface area contributed by atoms with Crippen LogP contribution < -0.4 is 10.9 Å². The van der Waals surface area contributed by atoms with Gasteiger partial charge in [0.2, 0.25) is 5.75 Å². The standard InChI is InChI=1S/C33H35N5O3/c39-32-31(36-24-37-33(32)40)30(22-35-15-13-28-2-1-14-34-21-28)20-27-9-5-25(6-10-27)3-4-26-7-11-29(12-8-26)23-38-16-18-41-19-17-38/h1-2,5-12,14,21,24,30,35,39H,13,15-20,22-23H2,(H,36,37,40). The van der Waals surface area contributed by atoms with Gasteiger partial charge in [0.05, 0.1) is 25.2 Å². The van der Waals surface area contributed by atoms with Gasteiger partial charge in [-0.05, 0) is 66.4 Å². The Morgan fingerprint density at radius 1 is 0.976 bits per heavy atom. The molecule has 0 saturated carbocycles. The summed E-state index contributed by atoms with van der Waals surface area (Å²) in [6.07, 6.45) is 6.40. The van der Waals surface area contributed by atoms with Crippen molar-refractivity contribution in [2.75, 3.05) is 39.4 Å². The van der Waals surface area contributed by atoms with E-state index in [-0.39, 0.29) is 11.7 Å². The molecule has 1 atom stereocenters. The number of hydrogen-bond donors (Lipinski definition) is 3. The molecular weight excluding hydrogens is 514 g/mol. The number of ether oxygens (including phenoxy) is 1. The molecule has 8 nitrogen and oxygen atoms in total. The highest BCUT2D eigenvalue weighted by Crippen LogP contribution is 2.24. The second-order valence-electron chi connectivity index (χ2n) is 10.2. The Morgan fingerprint density at radius 3 is 2.37 bits per heavy atom. The van der Waals surface area contributed by atoms with E-state index in [1.165, 1.54) is 11.9 Å². The summed E-state index contributed by atoms with van der Waals surface area (Å²) < 4.78 is 5.43. The van der Waals surface area contributed by atoms with Crippen LogP contribution >= 0.6 is 0 Å². The summed E-state index contributed by atoms with van der Waals surface area (Å²) in [4.78, 5) is 25.4. The Labute approximate surface area is 240 Å². The third-order valence-electron chi connectivity index (χ3n) is 7.20. The van der Waals surface area contributed by atoms with E-state index in [1.54, 1.807) is 6.20 Å². The fourth-order valence-electron chi connectivity index (χ4n) is 4.89. The summed E-state index contributed by atoms with van der Waals surface area (Å²) in [5, 5.41) is 13.9. The summed E-state index contributed by atoms with van der Waals surface area (Å²) in [6.45, 7) is 5.80. The molecule has 1 aliphatic heterocycles. The molecule has 210 valence electrons. The van der Waals surface area contributed by atoms with Gasteiger partial charge in [0.25, 0.3) is 5.56 Å². The summed E-state index contributed by atoms with van der Waals surface area (Å²) in [5.74, 6) is 6.01. The van der Waals surface area contributed by atoms with Crippen molar-refractivity contribution < 1.29 is 9.84 Å². The van der Waals surface area contributed by atoms with Gasteiger partial charge >= 0.3 is 0 Å². The maximum absolute atomic E-state index is 12.1. The first-order valence-corrected chi connectivity index (χ1v) is 14.0. The molecule has 1 saturated heterocycles. The fourth-order valence-corrected chi connectivity index (χ4v) is 4.89. The van der Waals surface area contributed by atoms with E-state index in [2.05, 4.69) is 61.3 Å². The number of nitrogens with one attached hydrogen (secondary N) is 2. The van der Waals surface area contributed by atoms with Gasteiger partial charge in [-0.15, -0.1) is 0 Å². The lowest BCUT2D eigenvalue weighted by Gasteiger charge is -2.26. The van der Waals surface area contributed by atoms with E-state index in [4.69, 9.17) is 4.74 Å². The molecule has 0 bridgehead atoms. The van der Waals surface area contributed by atoms with Gasteiger partial charge in [-0.3, -0.25) is 14.7 Å². The Balaban J connectivity index is 1.20. The molecule has 1 aliphatic rings. The zero-order chi connectivity index (χ0) is 28.3. The van der Waals surface area contributed by atoms with Crippen LogP contribution in [0.4, 0.5) is 0 Å². The van der Waals surface area contributed by atoms with Gasteiger partial charge in [-0.25, -0.2) is 4.98 Å². The molecule has 0 aliphatic carbocycles. The van der Waals surface area contributed by atoms with Crippen molar-refractivity contribution in [2.45, 2.75) is 25.3 Å². The number of morpholine rings is 1. The molecular formula is C33H35N5O3. The molecule has 0 radical (unpaired) electrons. The van der Waals surface area contributed by atoms with Gasteiger partial charge in [0.1, 0.15) is 0 Å². The summed E-state index contributed by atoms with van der Waals surface area (Å²) in [5.41, 5.74) is 5.27. The molecule has 2 aromatic heterocycles. The summed E-state index contributed by atoms with van der Waals surface area (Å²) >= 11 is 0. The lowest BCUT2D eigenvalue weighted by molar-refractivity contribution is 0.0342. The smallest absolute Gasteiger partial charge is 0.293 e. The van der Waals surface area contributed by atoms with Crippen LogP contribution in [-0.4, -0.2) is 64.4 Å². The van der Waals surface area contributed by atoms with Crippen LogP contribution in [0.3, 0.4) is 0 Å². The highest BCUT2D eigenvalue weighted by Gasteiger charge is 2.20. The van der Waals surface area contributed by atoms with Crippen LogP contribution in [0.25, 0.3) is 0 Å². The Bertz CT molecular complexity index is 1500. The van der Waals surface area contributed by atoms with E-state index < -0.39 is 5.56 Å². The minimum Gasteiger partial charge on any atom is -0.502 e. The number of rotatable bonds is 10. The molecule has 5 rings (SSSR count). The number of aromatic nitrogens is 3.